The van der Waals surface area contributed by atoms with Gasteiger partial charge in [0.1, 0.15) is 0 Å². The molecule has 0 spiro atoms. The largest absolute Gasteiger partial charge is 0.329 e. The highest BCUT2D eigenvalue weighted by atomic mass is 79.9. The normalized spacial score (nSPS) is 12.6. The van der Waals surface area contributed by atoms with Gasteiger partial charge in [0.25, 0.3) is 0 Å². The van der Waals surface area contributed by atoms with Crippen LogP contribution in [0.25, 0.3) is 0 Å². The van der Waals surface area contributed by atoms with Crippen LogP contribution in [0.5, 0.6) is 0 Å². The Hall–Kier alpha value is -0.680. The van der Waals surface area contributed by atoms with Crippen molar-refractivity contribution in [3.05, 3.63) is 68.6 Å². The molecule has 0 aliphatic rings. The first kappa shape index (κ1) is 16.7. The molecule has 2 N–H and O–H groups in total. The number of nitrogens with two attached hydrogens (primary N) is 1. The molecule has 4 heteroatoms. The minimum atomic E-state index is 0.222. The molecule has 0 radical (unpaired) electrons. The van der Waals surface area contributed by atoms with Gasteiger partial charge in [-0.15, -0.1) is 0 Å². The molecule has 2 rings (SSSR count). The standard InChI is InChI=1S/C17H20Br2N2/c1-2-21(12-13-6-4-3-5-7-13)17(11-20)14-8-9-15(18)16(19)10-14/h3-10,17H,2,11-12,20H2,1H3. The highest BCUT2D eigenvalue weighted by Gasteiger charge is 2.18. The van der Waals surface area contributed by atoms with Gasteiger partial charge in [-0.2, -0.15) is 0 Å². The molecule has 0 heterocycles. The number of likely N-dealkylation sites (N-methyl/N-ethyl adjacent to an activating group) is 1. The van der Waals surface area contributed by atoms with Gasteiger partial charge in [-0.25, -0.2) is 0 Å². The molecular weight excluding hydrogens is 392 g/mol. The van der Waals surface area contributed by atoms with E-state index in [1.54, 1.807) is 0 Å². The van der Waals surface area contributed by atoms with Gasteiger partial charge in [0.15, 0.2) is 0 Å². The molecule has 0 saturated carbocycles. The Morgan fingerprint density at radius 3 is 2.33 bits per heavy atom. The SMILES string of the molecule is CCN(Cc1ccccc1)C(CN)c1ccc(Br)c(Br)c1. The highest BCUT2D eigenvalue weighted by molar-refractivity contribution is 9.13. The number of benzene rings is 2. The number of hydrogen-bond acceptors (Lipinski definition) is 2. The van der Waals surface area contributed by atoms with E-state index in [0.717, 1.165) is 22.0 Å². The van der Waals surface area contributed by atoms with E-state index in [1.165, 1.54) is 11.1 Å². The molecule has 2 aromatic rings. The number of rotatable bonds is 6. The summed E-state index contributed by atoms with van der Waals surface area (Å²) in [6, 6.07) is 17.1. The summed E-state index contributed by atoms with van der Waals surface area (Å²) >= 11 is 7.09. The molecule has 0 fully saturated rings. The fourth-order valence-corrected chi connectivity index (χ4v) is 3.12. The van der Waals surface area contributed by atoms with Crippen molar-refractivity contribution in [3.8, 4) is 0 Å². The van der Waals surface area contributed by atoms with Crippen molar-refractivity contribution in [1.82, 2.24) is 4.90 Å². The van der Waals surface area contributed by atoms with Crippen LogP contribution in [0.4, 0.5) is 0 Å². The second-order valence-electron chi connectivity index (χ2n) is 4.97. The van der Waals surface area contributed by atoms with Crippen LogP contribution in [0.1, 0.15) is 24.1 Å². The molecule has 21 heavy (non-hydrogen) atoms. The number of nitrogens with zero attached hydrogens (tertiary/aromatic N) is 1. The topological polar surface area (TPSA) is 29.3 Å². The van der Waals surface area contributed by atoms with Crippen LogP contribution >= 0.6 is 31.9 Å². The summed E-state index contributed by atoms with van der Waals surface area (Å²) in [6.07, 6.45) is 0. The van der Waals surface area contributed by atoms with E-state index >= 15 is 0 Å². The summed E-state index contributed by atoms with van der Waals surface area (Å²) < 4.78 is 2.13. The molecule has 112 valence electrons. The van der Waals surface area contributed by atoms with E-state index < -0.39 is 0 Å². The van der Waals surface area contributed by atoms with Crippen molar-refractivity contribution in [3.63, 3.8) is 0 Å². The van der Waals surface area contributed by atoms with E-state index in [9.17, 15) is 0 Å². The molecule has 0 aromatic heterocycles. The van der Waals surface area contributed by atoms with Crippen molar-refractivity contribution in [2.45, 2.75) is 19.5 Å². The lowest BCUT2D eigenvalue weighted by Crippen LogP contribution is -2.33. The second-order valence-corrected chi connectivity index (χ2v) is 6.68. The van der Waals surface area contributed by atoms with Crippen molar-refractivity contribution in [1.29, 1.82) is 0 Å². The number of halogens is 2. The Morgan fingerprint density at radius 1 is 1.05 bits per heavy atom. The monoisotopic (exact) mass is 410 g/mol. The van der Waals surface area contributed by atoms with E-state index in [2.05, 4.69) is 86.1 Å². The van der Waals surface area contributed by atoms with E-state index in [-0.39, 0.29) is 6.04 Å². The maximum absolute atomic E-state index is 6.05. The molecule has 0 bridgehead atoms. The van der Waals surface area contributed by atoms with Crippen LogP contribution in [0.2, 0.25) is 0 Å². The van der Waals surface area contributed by atoms with Gasteiger partial charge in [0.2, 0.25) is 0 Å². The molecular formula is C17H20Br2N2. The van der Waals surface area contributed by atoms with Crippen LogP contribution < -0.4 is 5.73 Å². The Morgan fingerprint density at radius 2 is 1.76 bits per heavy atom. The Labute approximate surface area is 143 Å². The molecule has 0 amide bonds. The Balaban J connectivity index is 2.22. The van der Waals surface area contributed by atoms with Crippen LogP contribution in [0.15, 0.2) is 57.5 Å². The van der Waals surface area contributed by atoms with Gasteiger partial charge in [-0.3, -0.25) is 4.90 Å². The average molecular weight is 412 g/mol. The summed E-state index contributed by atoms with van der Waals surface area (Å²) in [5, 5.41) is 0. The maximum Gasteiger partial charge on any atom is 0.0474 e. The zero-order valence-corrected chi connectivity index (χ0v) is 15.3. The van der Waals surface area contributed by atoms with Gasteiger partial charge in [0, 0.05) is 28.1 Å². The zero-order chi connectivity index (χ0) is 15.2. The first-order valence-electron chi connectivity index (χ1n) is 7.08. The summed E-state index contributed by atoms with van der Waals surface area (Å²) in [4.78, 5) is 2.41. The lowest BCUT2D eigenvalue weighted by molar-refractivity contribution is 0.203. The summed E-state index contributed by atoms with van der Waals surface area (Å²) in [7, 11) is 0. The minimum Gasteiger partial charge on any atom is -0.329 e. The maximum atomic E-state index is 6.05. The average Bonchev–Trinajstić information content (AvgIpc) is 2.51. The Kier molecular flexibility index (Phi) is 6.42. The van der Waals surface area contributed by atoms with Gasteiger partial charge in [-0.05, 0) is 61.7 Å². The molecule has 1 unspecified atom stereocenters. The molecule has 2 aromatic carbocycles. The first-order valence-corrected chi connectivity index (χ1v) is 8.67. The van der Waals surface area contributed by atoms with Gasteiger partial charge >= 0.3 is 0 Å². The van der Waals surface area contributed by atoms with E-state index in [0.29, 0.717) is 6.54 Å². The predicted octanol–water partition coefficient (Wildman–Crippen LogP) is 4.73. The fraction of sp³-hybridized carbons (Fsp3) is 0.294. The Bertz CT molecular complexity index is 572. The summed E-state index contributed by atoms with van der Waals surface area (Å²) in [6.45, 7) is 4.66. The molecule has 0 saturated heterocycles. The van der Waals surface area contributed by atoms with Crippen LogP contribution in [0, 0.1) is 0 Å². The van der Waals surface area contributed by atoms with Gasteiger partial charge in [-0.1, -0.05) is 43.3 Å². The van der Waals surface area contributed by atoms with Crippen LogP contribution in [-0.4, -0.2) is 18.0 Å². The van der Waals surface area contributed by atoms with Gasteiger partial charge in [0.05, 0.1) is 0 Å². The third kappa shape index (κ3) is 4.39. The molecule has 0 aliphatic carbocycles. The van der Waals surface area contributed by atoms with E-state index in [4.69, 9.17) is 5.73 Å². The van der Waals surface area contributed by atoms with Crippen molar-refractivity contribution < 1.29 is 0 Å². The molecule has 2 nitrogen and oxygen atoms in total. The second kappa shape index (κ2) is 8.08. The van der Waals surface area contributed by atoms with Gasteiger partial charge < -0.3 is 5.73 Å². The van der Waals surface area contributed by atoms with Crippen LogP contribution in [-0.2, 0) is 6.54 Å². The third-order valence-electron chi connectivity index (χ3n) is 3.63. The molecule has 0 aliphatic heterocycles. The quantitative estimate of drug-likeness (QED) is 0.744. The van der Waals surface area contributed by atoms with Crippen molar-refractivity contribution in [2.24, 2.45) is 5.73 Å². The smallest absolute Gasteiger partial charge is 0.0474 e. The number of hydrogen-bond donors (Lipinski definition) is 1. The lowest BCUT2D eigenvalue weighted by atomic mass is 10.0. The summed E-state index contributed by atoms with van der Waals surface area (Å²) in [5.74, 6) is 0. The van der Waals surface area contributed by atoms with Crippen molar-refractivity contribution in [2.75, 3.05) is 13.1 Å². The highest BCUT2D eigenvalue weighted by Crippen LogP contribution is 2.29. The van der Waals surface area contributed by atoms with Crippen molar-refractivity contribution >= 4 is 31.9 Å². The van der Waals surface area contributed by atoms with E-state index in [1.807, 2.05) is 6.07 Å². The fourth-order valence-electron chi connectivity index (χ4n) is 2.48. The van der Waals surface area contributed by atoms with Crippen LogP contribution in [0.3, 0.4) is 0 Å². The lowest BCUT2D eigenvalue weighted by Gasteiger charge is -2.30. The first-order chi connectivity index (χ1) is 10.2. The third-order valence-corrected chi connectivity index (χ3v) is 5.51. The minimum absolute atomic E-state index is 0.222. The molecule has 1 atom stereocenters. The zero-order valence-electron chi connectivity index (χ0n) is 12.1. The predicted molar refractivity (Wildman–Crippen MR) is 96.2 cm³/mol. The summed E-state index contributed by atoms with van der Waals surface area (Å²) in [5.41, 5.74) is 8.61.